The summed E-state index contributed by atoms with van der Waals surface area (Å²) in [7, 11) is -3.62. The molecule has 32 heavy (non-hydrogen) atoms. The molecule has 2 saturated heterocycles. The van der Waals surface area contributed by atoms with E-state index in [0.717, 1.165) is 32.4 Å². The minimum atomic E-state index is -3.62. The Balaban J connectivity index is 1.39. The van der Waals surface area contributed by atoms with Crippen molar-refractivity contribution in [2.24, 2.45) is 11.8 Å². The van der Waals surface area contributed by atoms with Crippen LogP contribution in [0.4, 0.5) is 5.95 Å². The maximum atomic E-state index is 13.2. The van der Waals surface area contributed by atoms with Crippen molar-refractivity contribution >= 4 is 21.9 Å². The summed E-state index contributed by atoms with van der Waals surface area (Å²) in [5, 5.41) is 3.06. The van der Waals surface area contributed by atoms with E-state index in [2.05, 4.69) is 34.0 Å². The molecule has 0 bridgehead atoms. The number of aromatic nitrogens is 2. The molecule has 9 heteroatoms. The second-order valence-electron chi connectivity index (χ2n) is 9.08. The second-order valence-corrected chi connectivity index (χ2v) is 11.0. The van der Waals surface area contributed by atoms with E-state index in [9.17, 15) is 13.2 Å². The van der Waals surface area contributed by atoms with Gasteiger partial charge < -0.3 is 10.2 Å². The number of nitrogens with one attached hydrogen (secondary N) is 1. The number of sulfonamides is 1. The van der Waals surface area contributed by atoms with Crippen LogP contribution >= 0.6 is 0 Å². The second kappa shape index (κ2) is 9.54. The number of rotatable bonds is 5. The van der Waals surface area contributed by atoms with Gasteiger partial charge in [-0.05, 0) is 55.4 Å². The maximum absolute atomic E-state index is 13.2. The Bertz CT molecular complexity index is 1030. The lowest BCUT2D eigenvalue weighted by atomic mass is 9.94. The molecule has 2 fully saturated rings. The highest BCUT2D eigenvalue weighted by Crippen LogP contribution is 2.27. The molecule has 1 amide bonds. The minimum absolute atomic E-state index is 0.0338. The molecular weight excluding hydrogens is 426 g/mol. The van der Waals surface area contributed by atoms with E-state index in [-0.39, 0.29) is 16.8 Å². The fourth-order valence-corrected chi connectivity index (χ4v) is 6.42. The third-order valence-corrected chi connectivity index (χ3v) is 8.06. The number of hydrogen-bond donors (Lipinski definition) is 1. The average Bonchev–Trinajstić information content (AvgIpc) is 2.79. The normalized spacial score (nSPS) is 23.1. The Morgan fingerprint density at radius 3 is 2.34 bits per heavy atom. The van der Waals surface area contributed by atoms with Gasteiger partial charge in [0.05, 0.1) is 4.90 Å². The summed E-state index contributed by atoms with van der Waals surface area (Å²) in [6.07, 6.45) is 6.05. The van der Waals surface area contributed by atoms with Gasteiger partial charge in [-0.25, -0.2) is 18.4 Å². The topological polar surface area (TPSA) is 95.5 Å². The van der Waals surface area contributed by atoms with E-state index < -0.39 is 10.0 Å². The number of nitrogens with zero attached hydrogens (tertiary/aromatic N) is 4. The van der Waals surface area contributed by atoms with Crippen LogP contribution in [-0.2, 0) is 10.0 Å². The molecule has 8 nitrogen and oxygen atoms in total. The number of hydrogen-bond acceptors (Lipinski definition) is 6. The highest BCUT2D eigenvalue weighted by Gasteiger charge is 2.32. The number of piperidine rings is 2. The fraction of sp³-hybridized carbons (Fsp3) is 0.522. The van der Waals surface area contributed by atoms with Gasteiger partial charge in [0, 0.05) is 50.2 Å². The highest BCUT2D eigenvalue weighted by atomic mass is 32.2. The quantitative estimate of drug-likeness (QED) is 0.741. The maximum Gasteiger partial charge on any atom is 0.251 e. The van der Waals surface area contributed by atoms with Gasteiger partial charge in [-0.3, -0.25) is 4.79 Å². The summed E-state index contributed by atoms with van der Waals surface area (Å²) < 4.78 is 27.9. The van der Waals surface area contributed by atoms with Crippen molar-refractivity contribution in [2.75, 3.05) is 31.1 Å². The lowest BCUT2D eigenvalue weighted by Crippen LogP contribution is -2.45. The van der Waals surface area contributed by atoms with Crippen molar-refractivity contribution in [3.63, 3.8) is 0 Å². The number of carbonyl (C=O) groups excluding carboxylic acids is 1. The predicted octanol–water partition coefficient (Wildman–Crippen LogP) is 2.54. The summed E-state index contributed by atoms with van der Waals surface area (Å²) in [5.74, 6) is 1.12. The number of carbonyl (C=O) groups is 1. The zero-order valence-electron chi connectivity index (χ0n) is 18.6. The predicted molar refractivity (Wildman–Crippen MR) is 123 cm³/mol. The average molecular weight is 458 g/mol. The molecule has 172 valence electrons. The number of amides is 1. The molecule has 3 heterocycles. The van der Waals surface area contributed by atoms with Crippen molar-refractivity contribution in [1.82, 2.24) is 19.6 Å². The van der Waals surface area contributed by atoms with Crippen LogP contribution in [0.15, 0.2) is 47.6 Å². The first-order valence-corrected chi connectivity index (χ1v) is 12.7. The first kappa shape index (κ1) is 22.7. The molecule has 2 aliphatic rings. The molecule has 1 N–H and O–H groups in total. The van der Waals surface area contributed by atoms with E-state index in [1.807, 2.05) is 0 Å². The van der Waals surface area contributed by atoms with Gasteiger partial charge in [-0.15, -0.1) is 0 Å². The lowest BCUT2D eigenvalue weighted by molar-refractivity contribution is 0.0931. The van der Waals surface area contributed by atoms with E-state index in [1.54, 1.807) is 41.0 Å². The van der Waals surface area contributed by atoms with Gasteiger partial charge in [0.25, 0.3) is 5.91 Å². The first-order valence-electron chi connectivity index (χ1n) is 11.3. The van der Waals surface area contributed by atoms with Crippen LogP contribution in [0.5, 0.6) is 0 Å². The van der Waals surface area contributed by atoms with Crippen molar-refractivity contribution in [1.29, 1.82) is 0 Å². The summed E-state index contributed by atoms with van der Waals surface area (Å²) in [6.45, 7) is 6.72. The van der Waals surface area contributed by atoms with Crippen LogP contribution in [0.1, 0.15) is 43.5 Å². The zero-order valence-corrected chi connectivity index (χ0v) is 19.5. The van der Waals surface area contributed by atoms with Crippen LogP contribution in [-0.4, -0.2) is 60.8 Å². The number of anilines is 1. The van der Waals surface area contributed by atoms with Crippen molar-refractivity contribution in [2.45, 2.75) is 44.0 Å². The van der Waals surface area contributed by atoms with Gasteiger partial charge in [-0.2, -0.15) is 4.31 Å². The van der Waals surface area contributed by atoms with Crippen molar-refractivity contribution < 1.29 is 13.2 Å². The first-order chi connectivity index (χ1) is 15.3. The third-order valence-electron chi connectivity index (χ3n) is 6.23. The van der Waals surface area contributed by atoms with Crippen LogP contribution in [0.25, 0.3) is 0 Å². The summed E-state index contributed by atoms with van der Waals surface area (Å²) in [6, 6.07) is 8.22. The van der Waals surface area contributed by atoms with Crippen LogP contribution in [0, 0.1) is 11.8 Å². The van der Waals surface area contributed by atoms with E-state index in [0.29, 0.717) is 36.4 Å². The largest absolute Gasteiger partial charge is 0.349 e. The molecule has 0 radical (unpaired) electrons. The molecule has 0 aliphatic carbocycles. The summed E-state index contributed by atoms with van der Waals surface area (Å²) in [5.41, 5.74) is 0.373. The molecule has 1 aromatic heterocycles. The van der Waals surface area contributed by atoms with E-state index >= 15 is 0 Å². The Kier molecular flexibility index (Phi) is 6.76. The smallest absolute Gasteiger partial charge is 0.251 e. The summed E-state index contributed by atoms with van der Waals surface area (Å²) in [4.78, 5) is 23.7. The van der Waals surface area contributed by atoms with E-state index in [1.165, 1.54) is 6.07 Å². The minimum Gasteiger partial charge on any atom is -0.349 e. The SMILES string of the molecule is CC1CC(C)CN(S(=O)(=O)c2cccc(C(=O)NC3CCN(c4ncccn4)CC3)c2)C1. The molecular formula is C23H31N5O3S. The highest BCUT2D eigenvalue weighted by molar-refractivity contribution is 7.89. The van der Waals surface area contributed by atoms with Crippen LogP contribution in [0.2, 0.25) is 0 Å². The van der Waals surface area contributed by atoms with Gasteiger partial charge in [0.2, 0.25) is 16.0 Å². The van der Waals surface area contributed by atoms with Crippen molar-refractivity contribution in [3.05, 3.63) is 48.3 Å². The third kappa shape index (κ3) is 5.10. The van der Waals surface area contributed by atoms with Gasteiger partial charge in [0.15, 0.2) is 0 Å². The zero-order chi connectivity index (χ0) is 22.7. The molecule has 0 spiro atoms. The Hall–Kier alpha value is -2.52. The van der Waals surface area contributed by atoms with Crippen LogP contribution < -0.4 is 10.2 Å². The Morgan fingerprint density at radius 2 is 1.69 bits per heavy atom. The van der Waals surface area contributed by atoms with Gasteiger partial charge in [-0.1, -0.05) is 19.9 Å². The Labute approximate surface area is 190 Å². The molecule has 2 atom stereocenters. The monoisotopic (exact) mass is 457 g/mol. The molecule has 0 saturated carbocycles. The summed E-state index contributed by atoms with van der Waals surface area (Å²) >= 11 is 0. The van der Waals surface area contributed by atoms with Crippen molar-refractivity contribution in [3.8, 4) is 0 Å². The van der Waals surface area contributed by atoms with Crippen LogP contribution in [0.3, 0.4) is 0 Å². The fourth-order valence-electron chi connectivity index (χ4n) is 4.70. The molecule has 2 unspecified atom stereocenters. The molecule has 2 aromatic rings. The molecule has 4 rings (SSSR count). The molecule has 2 aliphatic heterocycles. The van der Waals surface area contributed by atoms with Gasteiger partial charge >= 0.3 is 0 Å². The number of benzene rings is 1. The molecule has 1 aromatic carbocycles. The van der Waals surface area contributed by atoms with Gasteiger partial charge in [0.1, 0.15) is 0 Å². The standard InChI is InChI=1S/C23H31N5O3S/c1-17-13-18(2)16-28(15-17)32(30,31)21-6-3-5-19(14-21)22(29)26-20-7-11-27(12-8-20)23-24-9-4-10-25-23/h3-6,9-10,14,17-18,20H,7-8,11-13,15-16H2,1-2H3,(H,26,29). The Morgan fingerprint density at radius 1 is 1.03 bits per heavy atom. The lowest BCUT2D eigenvalue weighted by Gasteiger charge is -2.34. The van der Waals surface area contributed by atoms with E-state index in [4.69, 9.17) is 0 Å².